The third kappa shape index (κ3) is 3.71. The number of aryl methyl sites for hydroxylation is 1. The van der Waals surface area contributed by atoms with E-state index in [1.807, 2.05) is 32.7 Å². The lowest BCUT2D eigenvalue weighted by Crippen LogP contribution is -2.41. The van der Waals surface area contributed by atoms with Crippen LogP contribution < -0.4 is 5.32 Å². The average molecular weight is 357 g/mol. The molecule has 3 heterocycles. The van der Waals surface area contributed by atoms with Crippen molar-refractivity contribution in [3.05, 3.63) is 35.1 Å². The largest absolute Gasteiger partial charge is 0.372 e. The van der Waals surface area contributed by atoms with Crippen molar-refractivity contribution >= 4 is 11.7 Å². The molecule has 0 unspecified atom stereocenters. The van der Waals surface area contributed by atoms with Crippen molar-refractivity contribution in [2.45, 2.75) is 46.0 Å². The van der Waals surface area contributed by atoms with Gasteiger partial charge in [0.05, 0.1) is 11.4 Å². The number of hydrogen-bond acceptors (Lipinski definition) is 6. The lowest BCUT2D eigenvalue weighted by molar-refractivity contribution is 0.0669. The SMILES string of the molecule is CNc1nccnc1C[C@H]1CCCN(C(=O)c2c(C(C)C)noc2C)C1. The highest BCUT2D eigenvalue weighted by Crippen LogP contribution is 2.27. The lowest BCUT2D eigenvalue weighted by Gasteiger charge is -2.33. The zero-order valence-electron chi connectivity index (χ0n) is 16.0. The molecule has 26 heavy (non-hydrogen) atoms. The van der Waals surface area contributed by atoms with Crippen molar-refractivity contribution in [2.24, 2.45) is 5.92 Å². The first-order chi connectivity index (χ1) is 12.5. The molecule has 2 aromatic heterocycles. The molecule has 0 saturated carbocycles. The summed E-state index contributed by atoms with van der Waals surface area (Å²) in [5.74, 6) is 1.98. The second kappa shape index (κ2) is 7.85. The summed E-state index contributed by atoms with van der Waals surface area (Å²) >= 11 is 0. The zero-order chi connectivity index (χ0) is 18.7. The van der Waals surface area contributed by atoms with Crippen LogP contribution in [0, 0.1) is 12.8 Å². The van der Waals surface area contributed by atoms with Crippen LogP contribution in [-0.4, -0.2) is 46.1 Å². The van der Waals surface area contributed by atoms with Crippen molar-refractivity contribution in [3.63, 3.8) is 0 Å². The van der Waals surface area contributed by atoms with Gasteiger partial charge in [0, 0.05) is 32.5 Å². The fourth-order valence-corrected chi connectivity index (χ4v) is 3.62. The quantitative estimate of drug-likeness (QED) is 0.885. The lowest BCUT2D eigenvalue weighted by atomic mass is 9.92. The Hall–Kier alpha value is -2.44. The number of carbonyl (C=O) groups excluding carboxylic acids is 1. The third-order valence-electron chi connectivity index (χ3n) is 4.95. The maximum atomic E-state index is 13.1. The summed E-state index contributed by atoms with van der Waals surface area (Å²) in [7, 11) is 1.85. The number of aromatic nitrogens is 3. The second-order valence-corrected chi connectivity index (χ2v) is 7.22. The molecule has 0 spiro atoms. The Morgan fingerprint density at radius 3 is 2.88 bits per heavy atom. The number of hydrogen-bond donors (Lipinski definition) is 1. The van der Waals surface area contributed by atoms with E-state index in [9.17, 15) is 4.79 Å². The molecule has 1 atom stereocenters. The molecule has 0 bridgehead atoms. The predicted octanol–water partition coefficient (Wildman–Crippen LogP) is 3.03. The van der Waals surface area contributed by atoms with Crippen molar-refractivity contribution < 1.29 is 9.32 Å². The highest BCUT2D eigenvalue weighted by atomic mass is 16.5. The fraction of sp³-hybridized carbons (Fsp3) is 0.579. The molecule has 2 aromatic rings. The third-order valence-corrected chi connectivity index (χ3v) is 4.95. The molecular weight excluding hydrogens is 330 g/mol. The van der Waals surface area contributed by atoms with Crippen LogP contribution in [0.3, 0.4) is 0 Å². The van der Waals surface area contributed by atoms with E-state index in [2.05, 4.69) is 20.4 Å². The van der Waals surface area contributed by atoms with Gasteiger partial charge in [0.15, 0.2) is 0 Å². The first-order valence-corrected chi connectivity index (χ1v) is 9.24. The van der Waals surface area contributed by atoms with Gasteiger partial charge in [0.2, 0.25) is 0 Å². The maximum absolute atomic E-state index is 13.1. The molecule has 1 fully saturated rings. The summed E-state index contributed by atoms with van der Waals surface area (Å²) < 4.78 is 5.30. The van der Waals surface area contributed by atoms with Gasteiger partial charge < -0.3 is 14.7 Å². The molecule has 7 heteroatoms. The minimum absolute atomic E-state index is 0.0325. The van der Waals surface area contributed by atoms with Gasteiger partial charge in [-0.05, 0) is 38.0 Å². The topological polar surface area (TPSA) is 84.2 Å². The first-order valence-electron chi connectivity index (χ1n) is 9.24. The van der Waals surface area contributed by atoms with Gasteiger partial charge in [-0.25, -0.2) is 4.98 Å². The fourth-order valence-electron chi connectivity index (χ4n) is 3.62. The van der Waals surface area contributed by atoms with E-state index in [0.29, 0.717) is 17.2 Å². The van der Waals surface area contributed by atoms with Crippen LogP contribution >= 0.6 is 0 Å². The molecule has 1 aliphatic rings. The van der Waals surface area contributed by atoms with Crippen LogP contribution in [0.2, 0.25) is 0 Å². The van der Waals surface area contributed by atoms with E-state index in [-0.39, 0.29) is 11.8 Å². The number of piperidine rings is 1. The van der Waals surface area contributed by atoms with Gasteiger partial charge >= 0.3 is 0 Å². The first kappa shape index (κ1) is 18.4. The normalized spacial score (nSPS) is 17.6. The monoisotopic (exact) mass is 357 g/mol. The van der Waals surface area contributed by atoms with Crippen LogP contribution in [-0.2, 0) is 6.42 Å². The van der Waals surface area contributed by atoms with E-state index < -0.39 is 0 Å². The van der Waals surface area contributed by atoms with E-state index in [1.54, 1.807) is 12.4 Å². The van der Waals surface area contributed by atoms with Crippen molar-refractivity contribution in [1.82, 2.24) is 20.0 Å². The minimum atomic E-state index is 0.0325. The molecule has 140 valence electrons. The smallest absolute Gasteiger partial charge is 0.259 e. The number of amides is 1. The summed E-state index contributed by atoms with van der Waals surface area (Å²) in [6.45, 7) is 7.37. The van der Waals surface area contributed by atoms with Gasteiger partial charge in [0.1, 0.15) is 17.1 Å². The van der Waals surface area contributed by atoms with Crippen LogP contribution in [0.15, 0.2) is 16.9 Å². The van der Waals surface area contributed by atoms with Crippen LogP contribution in [0.5, 0.6) is 0 Å². The Morgan fingerprint density at radius 2 is 2.15 bits per heavy atom. The predicted molar refractivity (Wildman–Crippen MR) is 99.2 cm³/mol. The van der Waals surface area contributed by atoms with Crippen molar-refractivity contribution in [2.75, 3.05) is 25.5 Å². The van der Waals surface area contributed by atoms with Crippen molar-refractivity contribution in [3.8, 4) is 0 Å². The van der Waals surface area contributed by atoms with E-state index in [1.165, 1.54) is 0 Å². The Kier molecular flexibility index (Phi) is 5.54. The summed E-state index contributed by atoms with van der Waals surface area (Å²) in [5.41, 5.74) is 2.34. The molecule has 0 radical (unpaired) electrons. The van der Waals surface area contributed by atoms with Gasteiger partial charge in [0.25, 0.3) is 5.91 Å². The van der Waals surface area contributed by atoms with Gasteiger partial charge in [-0.1, -0.05) is 19.0 Å². The van der Waals surface area contributed by atoms with E-state index in [4.69, 9.17) is 4.52 Å². The highest BCUT2D eigenvalue weighted by molar-refractivity contribution is 5.96. The summed E-state index contributed by atoms with van der Waals surface area (Å²) in [6, 6.07) is 0. The molecule has 1 aliphatic heterocycles. The molecular formula is C19H27N5O2. The standard InChI is InChI=1S/C19H27N5O2/c1-12(2)17-16(13(3)26-23-17)19(25)24-9-5-6-14(11-24)10-15-18(20-4)22-8-7-21-15/h7-8,12,14H,5-6,9-11H2,1-4H3,(H,20,22)/t14-/m1/s1. The van der Waals surface area contributed by atoms with Crippen molar-refractivity contribution in [1.29, 1.82) is 0 Å². The highest BCUT2D eigenvalue weighted by Gasteiger charge is 2.30. The summed E-state index contributed by atoms with van der Waals surface area (Å²) in [6.07, 6.45) is 6.30. The number of anilines is 1. The van der Waals surface area contributed by atoms with E-state index in [0.717, 1.165) is 49.6 Å². The van der Waals surface area contributed by atoms with Crippen LogP contribution in [0.25, 0.3) is 0 Å². The zero-order valence-corrected chi connectivity index (χ0v) is 16.0. The van der Waals surface area contributed by atoms with Crippen LogP contribution in [0.4, 0.5) is 5.82 Å². The molecule has 1 saturated heterocycles. The average Bonchev–Trinajstić information content (AvgIpc) is 3.03. The Bertz CT molecular complexity index is 771. The van der Waals surface area contributed by atoms with Gasteiger partial charge in [-0.3, -0.25) is 9.78 Å². The summed E-state index contributed by atoms with van der Waals surface area (Å²) in [5, 5.41) is 7.19. The minimum Gasteiger partial charge on any atom is -0.372 e. The molecule has 0 aromatic carbocycles. The maximum Gasteiger partial charge on any atom is 0.259 e. The Balaban J connectivity index is 1.74. The second-order valence-electron chi connectivity index (χ2n) is 7.22. The number of nitrogens with one attached hydrogen (secondary N) is 1. The van der Waals surface area contributed by atoms with Gasteiger partial charge in [-0.2, -0.15) is 0 Å². The number of rotatable bonds is 5. The summed E-state index contributed by atoms with van der Waals surface area (Å²) in [4.78, 5) is 23.8. The molecule has 7 nitrogen and oxygen atoms in total. The molecule has 1 N–H and O–H groups in total. The molecule has 0 aliphatic carbocycles. The van der Waals surface area contributed by atoms with Gasteiger partial charge in [-0.15, -0.1) is 0 Å². The molecule has 1 amide bonds. The Morgan fingerprint density at radius 1 is 1.38 bits per heavy atom. The Labute approximate surface area is 154 Å². The molecule has 3 rings (SSSR count). The van der Waals surface area contributed by atoms with Crippen LogP contribution in [0.1, 0.15) is 60.1 Å². The van der Waals surface area contributed by atoms with E-state index >= 15 is 0 Å². The number of carbonyl (C=O) groups is 1. The number of likely N-dealkylation sites (tertiary alicyclic amines) is 1. The number of nitrogens with zero attached hydrogens (tertiary/aromatic N) is 4.